The minimum atomic E-state index is -0.299. The van der Waals surface area contributed by atoms with Gasteiger partial charge in [0.25, 0.3) is 5.89 Å². The fourth-order valence-corrected chi connectivity index (χ4v) is 3.30. The van der Waals surface area contributed by atoms with Crippen LogP contribution in [0.5, 0.6) is 0 Å². The summed E-state index contributed by atoms with van der Waals surface area (Å²) in [6.07, 6.45) is 0. The zero-order valence-corrected chi connectivity index (χ0v) is 13.2. The molecule has 3 rings (SSSR count). The number of aromatic nitrogens is 4. The molecule has 2 aromatic heterocycles. The van der Waals surface area contributed by atoms with Crippen molar-refractivity contribution in [2.45, 2.75) is 17.0 Å². The van der Waals surface area contributed by atoms with Gasteiger partial charge >= 0.3 is 0 Å². The van der Waals surface area contributed by atoms with Crippen LogP contribution in [-0.4, -0.2) is 26.9 Å². The summed E-state index contributed by atoms with van der Waals surface area (Å²) in [5.74, 6) is 1.17. The lowest BCUT2D eigenvalue weighted by molar-refractivity contribution is 0.425. The standard InChI is InChI=1S/C13H12FN5OS2/c1-2-15-12-17-18-13(22-12)21-7-10-16-11(20-19-10)8-3-5-9(14)6-4-8/h3-6H,2,7H2,1H3,(H,15,17). The number of anilines is 1. The predicted octanol–water partition coefficient (Wildman–Crippen LogP) is 3.45. The summed E-state index contributed by atoms with van der Waals surface area (Å²) in [5.41, 5.74) is 0.690. The minimum absolute atomic E-state index is 0.299. The van der Waals surface area contributed by atoms with Crippen LogP contribution in [0.2, 0.25) is 0 Å². The highest BCUT2D eigenvalue weighted by atomic mass is 32.2. The molecule has 0 radical (unpaired) electrons. The van der Waals surface area contributed by atoms with E-state index in [9.17, 15) is 4.39 Å². The SMILES string of the molecule is CCNc1nnc(SCc2noc(-c3ccc(F)cc3)n2)s1. The summed E-state index contributed by atoms with van der Waals surface area (Å²) in [7, 11) is 0. The first-order valence-electron chi connectivity index (χ1n) is 6.53. The van der Waals surface area contributed by atoms with Gasteiger partial charge in [-0.05, 0) is 31.2 Å². The molecule has 114 valence electrons. The Bertz CT molecular complexity index is 743. The molecule has 0 saturated heterocycles. The van der Waals surface area contributed by atoms with E-state index < -0.39 is 0 Å². The van der Waals surface area contributed by atoms with E-state index in [-0.39, 0.29) is 5.82 Å². The molecule has 0 atom stereocenters. The van der Waals surface area contributed by atoms with Gasteiger partial charge in [0.1, 0.15) is 5.82 Å². The molecule has 2 heterocycles. The number of nitrogens with one attached hydrogen (secondary N) is 1. The highest BCUT2D eigenvalue weighted by Gasteiger charge is 2.11. The molecule has 0 bridgehead atoms. The van der Waals surface area contributed by atoms with E-state index in [0.29, 0.717) is 23.0 Å². The molecular weight excluding hydrogens is 325 g/mol. The summed E-state index contributed by atoms with van der Waals surface area (Å²) in [4.78, 5) is 4.29. The Balaban J connectivity index is 1.62. The average molecular weight is 337 g/mol. The third-order valence-electron chi connectivity index (χ3n) is 2.62. The van der Waals surface area contributed by atoms with Gasteiger partial charge in [0.2, 0.25) is 5.13 Å². The quantitative estimate of drug-likeness (QED) is 0.690. The topological polar surface area (TPSA) is 76.7 Å². The maximum absolute atomic E-state index is 12.9. The Labute approximate surface area is 134 Å². The molecule has 0 aliphatic rings. The van der Waals surface area contributed by atoms with Crippen LogP contribution in [0.25, 0.3) is 11.5 Å². The zero-order chi connectivity index (χ0) is 15.4. The van der Waals surface area contributed by atoms with E-state index >= 15 is 0 Å². The van der Waals surface area contributed by atoms with Gasteiger partial charge in [0.05, 0.1) is 5.75 Å². The Hall–Kier alpha value is -2.00. The molecule has 0 unspecified atom stereocenters. The van der Waals surface area contributed by atoms with Crippen molar-refractivity contribution in [2.75, 3.05) is 11.9 Å². The van der Waals surface area contributed by atoms with E-state index in [4.69, 9.17) is 4.52 Å². The van der Waals surface area contributed by atoms with Crippen molar-refractivity contribution in [3.05, 3.63) is 35.9 Å². The van der Waals surface area contributed by atoms with Gasteiger partial charge in [-0.25, -0.2) is 4.39 Å². The molecule has 3 aromatic rings. The number of rotatable bonds is 6. The van der Waals surface area contributed by atoms with Gasteiger partial charge in [-0.15, -0.1) is 10.2 Å². The lowest BCUT2D eigenvalue weighted by atomic mass is 10.2. The van der Waals surface area contributed by atoms with Crippen molar-refractivity contribution in [2.24, 2.45) is 0 Å². The van der Waals surface area contributed by atoms with Gasteiger partial charge in [-0.1, -0.05) is 28.3 Å². The molecule has 0 saturated carbocycles. The monoisotopic (exact) mass is 337 g/mol. The molecule has 0 aliphatic heterocycles. The van der Waals surface area contributed by atoms with Crippen LogP contribution in [0, 0.1) is 5.82 Å². The Kier molecular flexibility index (Phi) is 4.64. The van der Waals surface area contributed by atoms with Crippen molar-refractivity contribution < 1.29 is 8.91 Å². The molecule has 0 aliphatic carbocycles. The minimum Gasteiger partial charge on any atom is -0.360 e. The third-order valence-corrected chi connectivity index (χ3v) is 4.63. The number of halogens is 1. The zero-order valence-electron chi connectivity index (χ0n) is 11.6. The van der Waals surface area contributed by atoms with Crippen molar-refractivity contribution in [1.29, 1.82) is 0 Å². The number of hydrogen-bond acceptors (Lipinski definition) is 8. The molecular formula is C13H12FN5OS2. The first-order valence-corrected chi connectivity index (χ1v) is 8.33. The van der Waals surface area contributed by atoms with Crippen LogP contribution in [0.1, 0.15) is 12.7 Å². The number of nitrogens with zero attached hydrogens (tertiary/aromatic N) is 4. The van der Waals surface area contributed by atoms with Crippen LogP contribution < -0.4 is 5.32 Å². The molecule has 6 nitrogen and oxygen atoms in total. The second-order valence-corrected chi connectivity index (χ2v) is 6.41. The van der Waals surface area contributed by atoms with Crippen molar-refractivity contribution >= 4 is 28.2 Å². The van der Waals surface area contributed by atoms with Crippen LogP contribution in [0.4, 0.5) is 9.52 Å². The van der Waals surface area contributed by atoms with E-state index in [1.807, 2.05) is 6.92 Å². The Morgan fingerprint density at radius 1 is 1.27 bits per heavy atom. The van der Waals surface area contributed by atoms with Crippen molar-refractivity contribution in [3.63, 3.8) is 0 Å². The van der Waals surface area contributed by atoms with E-state index in [0.717, 1.165) is 16.0 Å². The van der Waals surface area contributed by atoms with E-state index in [1.165, 1.54) is 35.2 Å². The Morgan fingerprint density at radius 3 is 2.86 bits per heavy atom. The molecule has 1 N–H and O–H groups in total. The van der Waals surface area contributed by atoms with Gasteiger partial charge in [0.15, 0.2) is 10.2 Å². The van der Waals surface area contributed by atoms with Crippen molar-refractivity contribution in [3.8, 4) is 11.5 Å². The summed E-state index contributed by atoms with van der Waals surface area (Å²) < 4.78 is 18.9. The smallest absolute Gasteiger partial charge is 0.257 e. The fourth-order valence-electron chi connectivity index (χ4n) is 1.64. The second-order valence-electron chi connectivity index (χ2n) is 4.21. The van der Waals surface area contributed by atoms with Gasteiger partial charge in [-0.3, -0.25) is 0 Å². The lowest BCUT2D eigenvalue weighted by Gasteiger charge is -1.93. The van der Waals surface area contributed by atoms with Crippen LogP contribution in [0.15, 0.2) is 33.1 Å². The predicted molar refractivity (Wildman–Crippen MR) is 83.3 cm³/mol. The largest absolute Gasteiger partial charge is 0.360 e. The third kappa shape index (κ3) is 3.60. The van der Waals surface area contributed by atoms with Gasteiger partial charge < -0.3 is 9.84 Å². The fraction of sp³-hybridized carbons (Fsp3) is 0.231. The normalized spacial score (nSPS) is 10.8. The molecule has 0 amide bonds. The summed E-state index contributed by atoms with van der Waals surface area (Å²) in [6, 6.07) is 5.93. The summed E-state index contributed by atoms with van der Waals surface area (Å²) in [5, 5.41) is 15.9. The molecule has 9 heteroatoms. The van der Waals surface area contributed by atoms with Crippen molar-refractivity contribution in [1.82, 2.24) is 20.3 Å². The Morgan fingerprint density at radius 2 is 2.09 bits per heavy atom. The second kappa shape index (κ2) is 6.84. The molecule has 22 heavy (non-hydrogen) atoms. The maximum Gasteiger partial charge on any atom is 0.257 e. The molecule has 1 aromatic carbocycles. The van der Waals surface area contributed by atoms with Gasteiger partial charge in [0, 0.05) is 12.1 Å². The number of hydrogen-bond donors (Lipinski definition) is 1. The highest BCUT2D eigenvalue weighted by molar-refractivity contribution is 8.00. The van der Waals surface area contributed by atoms with Crippen LogP contribution in [0.3, 0.4) is 0 Å². The number of benzene rings is 1. The lowest BCUT2D eigenvalue weighted by Crippen LogP contribution is -1.94. The number of thioether (sulfide) groups is 1. The molecule has 0 spiro atoms. The van der Waals surface area contributed by atoms with Crippen LogP contribution in [-0.2, 0) is 5.75 Å². The summed E-state index contributed by atoms with van der Waals surface area (Å²) >= 11 is 2.97. The summed E-state index contributed by atoms with van der Waals surface area (Å²) in [6.45, 7) is 2.82. The molecule has 0 fully saturated rings. The van der Waals surface area contributed by atoms with E-state index in [1.54, 1.807) is 12.1 Å². The maximum atomic E-state index is 12.9. The first-order chi connectivity index (χ1) is 10.7. The highest BCUT2D eigenvalue weighted by Crippen LogP contribution is 2.28. The van der Waals surface area contributed by atoms with Crippen LogP contribution >= 0.6 is 23.1 Å². The first kappa shape index (κ1) is 14.9. The van der Waals surface area contributed by atoms with E-state index in [2.05, 4.69) is 25.7 Å². The van der Waals surface area contributed by atoms with Gasteiger partial charge in [-0.2, -0.15) is 4.98 Å². The average Bonchev–Trinajstić information content (AvgIpc) is 3.16.